The average Bonchev–Trinajstić information content (AvgIpc) is 2.85. The maximum atomic E-state index is 12.4. The van der Waals surface area contributed by atoms with Crippen molar-refractivity contribution >= 4 is 5.91 Å². The number of hydrogen-bond donors (Lipinski definition) is 1. The molecule has 1 amide bonds. The third kappa shape index (κ3) is 7.13. The second kappa shape index (κ2) is 8.58. The summed E-state index contributed by atoms with van der Waals surface area (Å²) in [7, 11) is 1.84. The molecule has 1 aliphatic heterocycles. The van der Waals surface area contributed by atoms with Gasteiger partial charge in [0.1, 0.15) is 0 Å². The van der Waals surface area contributed by atoms with Gasteiger partial charge < -0.3 is 10.2 Å². The molecule has 0 saturated carbocycles. The second-order valence-corrected chi connectivity index (χ2v) is 5.64. The van der Waals surface area contributed by atoms with Crippen LogP contribution in [0.25, 0.3) is 0 Å². The Labute approximate surface area is 124 Å². The average molecular weight is 309 g/mol. The number of nitrogens with zero attached hydrogens (tertiary/aromatic N) is 2. The highest BCUT2D eigenvalue weighted by atomic mass is 19.4. The van der Waals surface area contributed by atoms with Crippen molar-refractivity contribution in [2.45, 2.75) is 32.4 Å². The van der Waals surface area contributed by atoms with E-state index in [0.717, 1.165) is 19.4 Å². The molecular formula is C14H26F3N3O. The third-order valence-corrected chi connectivity index (χ3v) is 3.82. The third-order valence-electron chi connectivity index (χ3n) is 3.82. The Morgan fingerprint density at radius 1 is 1.43 bits per heavy atom. The predicted octanol–water partition coefficient (Wildman–Crippen LogP) is 1.72. The molecule has 1 unspecified atom stereocenters. The van der Waals surface area contributed by atoms with Crippen LogP contribution in [0.15, 0.2) is 0 Å². The highest BCUT2D eigenvalue weighted by molar-refractivity contribution is 5.76. The number of carbonyl (C=O) groups excluding carboxylic acids is 1. The van der Waals surface area contributed by atoms with E-state index in [0.29, 0.717) is 32.6 Å². The van der Waals surface area contributed by atoms with Crippen molar-refractivity contribution in [3.05, 3.63) is 0 Å². The SMILES string of the molecule is CCN(CC1CCN(C(=O)CCCNC)C1)CC(F)(F)F. The van der Waals surface area contributed by atoms with Crippen LogP contribution in [-0.4, -0.2) is 68.2 Å². The van der Waals surface area contributed by atoms with Crippen LogP contribution in [0.1, 0.15) is 26.2 Å². The molecule has 0 radical (unpaired) electrons. The minimum absolute atomic E-state index is 0.117. The largest absolute Gasteiger partial charge is 0.401 e. The van der Waals surface area contributed by atoms with E-state index in [1.54, 1.807) is 11.8 Å². The molecule has 0 aromatic rings. The molecule has 1 aliphatic rings. The lowest BCUT2D eigenvalue weighted by Crippen LogP contribution is -2.38. The van der Waals surface area contributed by atoms with E-state index in [-0.39, 0.29) is 11.8 Å². The van der Waals surface area contributed by atoms with Crippen molar-refractivity contribution in [3.8, 4) is 0 Å². The highest BCUT2D eigenvalue weighted by Crippen LogP contribution is 2.21. The van der Waals surface area contributed by atoms with Crippen LogP contribution in [0, 0.1) is 5.92 Å². The predicted molar refractivity (Wildman–Crippen MR) is 76.0 cm³/mol. The molecular weight excluding hydrogens is 283 g/mol. The van der Waals surface area contributed by atoms with Crippen LogP contribution in [0.3, 0.4) is 0 Å². The maximum Gasteiger partial charge on any atom is 0.401 e. The van der Waals surface area contributed by atoms with Crippen molar-refractivity contribution < 1.29 is 18.0 Å². The summed E-state index contributed by atoms with van der Waals surface area (Å²) >= 11 is 0. The van der Waals surface area contributed by atoms with Crippen molar-refractivity contribution in [1.29, 1.82) is 0 Å². The highest BCUT2D eigenvalue weighted by Gasteiger charge is 2.33. The van der Waals surface area contributed by atoms with Crippen molar-refractivity contribution in [2.75, 3.05) is 46.3 Å². The fourth-order valence-corrected chi connectivity index (χ4v) is 2.71. The standard InChI is InChI=1S/C14H26F3N3O/c1-3-19(11-14(15,16)17)9-12-6-8-20(10-12)13(21)5-4-7-18-2/h12,18H,3-11H2,1-2H3. The Balaban J connectivity index is 2.34. The van der Waals surface area contributed by atoms with Crippen LogP contribution in [0.4, 0.5) is 13.2 Å². The van der Waals surface area contributed by atoms with Gasteiger partial charge in [-0.2, -0.15) is 13.2 Å². The lowest BCUT2D eigenvalue weighted by Gasteiger charge is -2.25. The van der Waals surface area contributed by atoms with Gasteiger partial charge in [-0.25, -0.2) is 0 Å². The molecule has 0 bridgehead atoms. The second-order valence-electron chi connectivity index (χ2n) is 5.64. The van der Waals surface area contributed by atoms with Crippen LogP contribution < -0.4 is 5.32 Å². The number of rotatable bonds is 8. The summed E-state index contributed by atoms with van der Waals surface area (Å²) in [4.78, 5) is 15.2. The molecule has 0 spiro atoms. The summed E-state index contributed by atoms with van der Waals surface area (Å²) in [5, 5.41) is 2.99. The normalized spacial score (nSPS) is 19.5. The van der Waals surface area contributed by atoms with Gasteiger partial charge in [0, 0.05) is 26.1 Å². The summed E-state index contributed by atoms with van der Waals surface area (Å²) in [6, 6.07) is 0. The molecule has 4 nitrogen and oxygen atoms in total. The number of halogens is 3. The zero-order chi connectivity index (χ0) is 15.9. The first-order valence-electron chi connectivity index (χ1n) is 7.57. The van der Waals surface area contributed by atoms with Crippen LogP contribution in [0.2, 0.25) is 0 Å². The van der Waals surface area contributed by atoms with Crippen LogP contribution in [-0.2, 0) is 4.79 Å². The van der Waals surface area contributed by atoms with Gasteiger partial charge in [0.2, 0.25) is 5.91 Å². The van der Waals surface area contributed by atoms with E-state index in [1.807, 2.05) is 7.05 Å². The summed E-state index contributed by atoms with van der Waals surface area (Å²) < 4.78 is 37.3. The Bertz CT molecular complexity index is 323. The van der Waals surface area contributed by atoms with Crippen LogP contribution in [0.5, 0.6) is 0 Å². The molecule has 21 heavy (non-hydrogen) atoms. The van der Waals surface area contributed by atoms with E-state index in [2.05, 4.69) is 5.32 Å². The van der Waals surface area contributed by atoms with Crippen molar-refractivity contribution in [1.82, 2.24) is 15.1 Å². The molecule has 1 rings (SSSR count). The van der Waals surface area contributed by atoms with E-state index in [1.165, 1.54) is 4.90 Å². The molecule has 1 fully saturated rings. The van der Waals surface area contributed by atoms with Crippen LogP contribution >= 0.6 is 0 Å². The minimum atomic E-state index is -4.16. The van der Waals surface area contributed by atoms with E-state index in [4.69, 9.17) is 0 Å². The number of nitrogens with one attached hydrogen (secondary N) is 1. The number of carbonyl (C=O) groups is 1. The molecule has 7 heteroatoms. The first-order chi connectivity index (χ1) is 9.85. The van der Waals surface area contributed by atoms with Gasteiger partial charge in [0.15, 0.2) is 0 Å². The maximum absolute atomic E-state index is 12.4. The summed E-state index contributed by atoms with van der Waals surface area (Å²) in [5.41, 5.74) is 0. The van der Waals surface area contributed by atoms with Gasteiger partial charge in [-0.05, 0) is 38.9 Å². The molecule has 1 N–H and O–H groups in total. The first-order valence-corrected chi connectivity index (χ1v) is 7.57. The fourth-order valence-electron chi connectivity index (χ4n) is 2.71. The minimum Gasteiger partial charge on any atom is -0.342 e. The quantitative estimate of drug-likeness (QED) is 0.694. The van der Waals surface area contributed by atoms with Gasteiger partial charge in [-0.3, -0.25) is 9.69 Å². The Hall–Kier alpha value is -0.820. The molecule has 1 saturated heterocycles. The van der Waals surface area contributed by atoms with Gasteiger partial charge in [0.05, 0.1) is 6.54 Å². The smallest absolute Gasteiger partial charge is 0.342 e. The van der Waals surface area contributed by atoms with E-state index < -0.39 is 12.7 Å². The molecule has 0 aliphatic carbocycles. The Kier molecular flexibility index (Phi) is 7.45. The summed E-state index contributed by atoms with van der Waals surface area (Å²) in [6.07, 6.45) is -2.05. The first kappa shape index (κ1) is 18.2. The number of likely N-dealkylation sites (tertiary alicyclic amines) is 1. The van der Waals surface area contributed by atoms with Gasteiger partial charge in [-0.15, -0.1) is 0 Å². The van der Waals surface area contributed by atoms with E-state index >= 15 is 0 Å². The molecule has 0 aromatic heterocycles. The topological polar surface area (TPSA) is 35.6 Å². The molecule has 124 valence electrons. The van der Waals surface area contributed by atoms with Gasteiger partial charge in [-0.1, -0.05) is 6.92 Å². The Morgan fingerprint density at radius 2 is 2.14 bits per heavy atom. The summed E-state index contributed by atoms with van der Waals surface area (Å²) in [6.45, 7) is 3.73. The molecule has 1 heterocycles. The zero-order valence-corrected chi connectivity index (χ0v) is 12.9. The van der Waals surface area contributed by atoms with Crippen molar-refractivity contribution in [3.63, 3.8) is 0 Å². The fraction of sp³-hybridized carbons (Fsp3) is 0.929. The molecule has 0 aromatic carbocycles. The van der Waals surface area contributed by atoms with Gasteiger partial charge >= 0.3 is 6.18 Å². The number of amides is 1. The van der Waals surface area contributed by atoms with E-state index in [9.17, 15) is 18.0 Å². The van der Waals surface area contributed by atoms with Gasteiger partial charge in [0.25, 0.3) is 0 Å². The number of alkyl halides is 3. The lowest BCUT2D eigenvalue weighted by molar-refractivity contribution is -0.146. The lowest BCUT2D eigenvalue weighted by atomic mass is 10.1. The summed E-state index contributed by atoms with van der Waals surface area (Å²) in [5.74, 6) is 0.271. The zero-order valence-electron chi connectivity index (χ0n) is 12.9. The monoisotopic (exact) mass is 309 g/mol. The molecule has 1 atom stereocenters. The van der Waals surface area contributed by atoms with Crippen molar-refractivity contribution in [2.24, 2.45) is 5.92 Å². The Morgan fingerprint density at radius 3 is 2.71 bits per heavy atom. The number of hydrogen-bond acceptors (Lipinski definition) is 3.